The van der Waals surface area contributed by atoms with Gasteiger partial charge in [-0.2, -0.15) is 0 Å². The number of nitrogens with two attached hydrogens (primary N) is 1. The normalized spacial score (nSPS) is 12.4. The maximum atomic E-state index is 12.1. The number of aryl methyl sites for hydroxylation is 1. The molecular formula is C15H19N3O. The lowest BCUT2D eigenvalue weighted by atomic mass is 10.1. The molecule has 0 aliphatic heterocycles. The summed E-state index contributed by atoms with van der Waals surface area (Å²) in [5.41, 5.74) is 8.10. The van der Waals surface area contributed by atoms with Crippen molar-refractivity contribution in [2.75, 3.05) is 11.9 Å². The number of nitrogens with zero attached hydrogens (tertiary/aromatic N) is 1. The first kappa shape index (κ1) is 13.5. The van der Waals surface area contributed by atoms with E-state index in [1.54, 1.807) is 0 Å². The minimum absolute atomic E-state index is 0.0409. The van der Waals surface area contributed by atoms with Gasteiger partial charge in [-0.25, -0.2) is 0 Å². The second-order valence-corrected chi connectivity index (χ2v) is 4.66. The molecule has 0 saturated heterocycles. The second kappa shape index (κ2) is 5.80. The highest BCUT2D eigenvalue weighted by molar-refractivity contribution is 6.01. The molecule has 0 saturated carbocycles. The number of benzene rings is 1. The highest BCUT2D eigenvalue weighted by atomic mass is 16.1. The van der Waals surface area contributed by atoms with Gasteiger partial charge in [0, 0.05) is 17.6 Å². The molecule has 19 heavy (non-hydrogen) atoms. The highest BCUT2D eigenvalue weighted by Gasteiger charge is 2.15. The molecule has 1 heterocycles. The summed E-state index contributed by atoms with van der Waals surface area (Å²) in [5.74, 6) is -0.194. The molecule has 1 atom stereocenters. The van der Waals surface area contributed by atoms with E-state index in [-0.39, 0.29) is 11.8 Å². The van der Waals surface area contributed by atoms with E-state index >= 15 is 0 Å². The van der Waals surface area contributed by atoms with E-state index in [9.17, 15) is 4.79 Å². The van der Waals surface area contributed by atoms with Crippen molar-refractivity contribution >= 4 is 22.5 Å². The van der Waals surface area contributed by atoms with E-state index in [4.69, 9.17) is 5.73 Å². The molecule has 2 rings (SSSR count). The van der Waals surface area contributed by atoms with Crippen LogP contribution in [-0.4, -0.2) is 17.4 Å². The van der Waals surface area contributed by atoms with E-state index in [0.717, 1.165) is 28.7 Å². The number of fused-ring (bicyclic) bond motifs is 1. The van der Waals surface area contributed by atoms with Crippen molar-refractivity contribution in [3.8, 4) is 0 Å². The van der Waals surface area contributed by atoms with Crippen LogP contribution < -0.4 is 11.1 Å². The first-order chi connectivity index (χ1) is 9.15. The molecule has 0 radical (unpaired) electrons. The van der Waals surface area contributed by atoms with Crippen LogP contribution in [-0.2, 0) is 4.79 Å². The topological polar surface area (TPSA) is 68.0 Å². The molecule has 0 bridgehead atoms. The quantitative estimate of drug-likeness (QED) is 0.884. The molecule has 0 aliphatic carbocycles. The molecule has 2 aromatic rings. The molecule has 1 aromatic carbocycles. The third kappa shape index (κ3) is 2.90. The maximum Gasteiger partial charge on any atom is 0.228 e. The van der Waals surface area contributed by atoms with Crippen molar-refractivity contribution < 1.29 is 4.79 Å². The molecule has 0 spiro atoms. The van der Waals surface area contributed by atoms with Crippen molar-refractivity contribution in [2.24, 2.45) is 11.7 Å². The number of hydrogen-bond acceptors (Lipinski definition) is 3. The zero-order valence-corrected chi connectivity index (χ0v) is 11.3. The number of carbonyl (C=O) groups excluding carboxylic acids is 1. The third-order valence-electron chi connectivity index (χ3n) is 3.27. The molecule has 0 fully saturated rings. The number of para-hydroxylation sites is 1. The van der Waals surface area contributed by atoms with Gasteiger partial charge in [0.25, 0.3) is 0 Å². The standard InChI is InChI=1S/C15H19N3O/c1-3-11(9-16)15(19)18-13-6-4-5-12-8-7-10(2)17-14(12)13/h4-8,11H,3,9,16H2,1-2H3,(H,18,19). The van der Waals surface area contributed by atoms with Crippen LogP contribution in [0, 0.1) is 12.8 Å². The summed E-state index contributed by atoms with van der Waals surface area (Å²) in [7, 11) is 0. The minimum Gasteiger partial charge on any atom is -0.330 e. The van der Waals surface area contributed by atoms with Gasteiger partial charge in [-0.1, -0.05) is 25.1 Å². The van der Waals surface area contributed by atoms with Crippen LogP contribution in [0.2, 0.25) is 0 Å². The lowest BCUT2D eigenvalue weighted by Gasteiger charge is -2.14. The Morgan fingerprint density at radius 2 is 2.16 bits per heavy atom. The van der Waals surface area contributed by atoms with Crippen molar-refractivity contribution in [3.63, 3.8) is 0 Å². The lowest BCUT2D eigenvalue weighted by Crippen LogP contribution is -2.28. The number of aromatic nitrogens is 1. The molecule has 4 nitrogen and oxygen atoms in total. The molecule has 1 aromatic heterocycles. The Labute approximate surface area is 113 Å². The van der Waals surface area contributed by atoms with Gasteiger partial charge < -0.3 is 11.1 Å². The summed E-state index contributed by atoms with van der Waals surface area (Å²) in [6.07, 6.45) is 0.736. The maximum absolute atomic E-state index is 12.1. The van der Waals surface area contributed by atoms with Crippen LogP contribution in [0.3, 0.4) is 0 Å². The van der Waals surface area contributed by atoms with Crippen molar-refractivity contribution in [1.29, 1.82) is 0 Å². The molecule has 0 aliphatic rings. The summed E-state index contributed by atoms with van der Waals surface area (Å²) >= 11 is 0. The minimum atomic E-state index is -0.153. The van der Waals surface area contributed by atoms with E-state index < -0.39 is 0 Å². The Balaban J connectivity index is 2.35. The van der Waals surface area contributed by atoms with Crippen LogP contribution >= 0.6 is 0 Å². The largest absolute Gasteiger partial charge is 0.330 e. The van der Waals surface area contributed by atoms with Gasteiger partial charge in [0.05, 0.1) is 17.1 Å². The smallest absolute Gasteiger partial charge is 0.228 e. The number of amides is 1. The Bertz CT molecular complexity index is 591. The average Bonchev–Trinajstić information content (AvgIpc) is 2.41. The predicted molar refractivity (Wildman–Crippen MR) is 77.9 cm³/mol. The van der Waals surface area contributed by atoms with Gasteiger partial charge in [0.15, 0.2) is 0 Å². The van der Waals surface area contributed by atoms with Gasteiger partial charge in [-0.15, -0.1) is 0 Å². The average molecular weight is 257 g/mol. The Morgan fingerprint density at radius 3 is 2.84 bits per heavy atom. The Morgan fingerprint density at radius 1 is 1.37 bits per heavy atom. The van der Waals surface area contributed by atoms with E-state index in [1.165, 1.54) is 0 Å². The molecule has 3 N–H and O–H groups in total. The molecule has 100 valence electrons. The van der Waals surface area contributed by atoms with Gasteiger partial charge in [-0.3, -0.25) is 9.78 Å². The number of nitrogens with one attached hydrogen (secondary N) is 1. The zero-order chi connectivity index (χ0) is 13.8. The zero-order valence-electron chi connectivity index (χ0n) is 11.3. The summed E-state index contributed by atoms with van der Waals surface area (Å²) in [5, 5.41) is 3.95. The third-order valence-corrected chi connectivity index (χ3v) is 3.27. The fraction of sp³-hybridized carbons (Fsp3) is 0.333. The van der Waals surface area contributed by atoms with Crippen molar-refractivity contribution in [3.05, 3.63) is 36.0 Å². The van der Waals surface area contributed by atoms with Gasteiger partial charge >= 0.3 is 0 Å². The van der Waals surface area contributed by atoms with Gasteiger partial charge in [0.1, 0.15) is 0 Å². The lowest BCUT2D eigenvalue weighted by molar-refractivity contribution is -0.119. The van der Waals surface area contributed by atoms with Gasteiger partial charge in [-0.05, 0) is 25.5 Å². The Kier molecular flexibility index (Phi) is 4.12. The predicted octanol–water partition coefficient (Wildman–Crippen LogP) is 2.47. The molecule has 1 unspecified atom stereocenters. The van der Waals surface area contributed by atoms with E-state index in [2.05, 4.69) is 10.3 Å². The fourth-order valence-corrected chi connectivity index (χ4v) is 2.04. The number of anilines is 1. The Hall–Kier alpha value is -1.94. The summed E-state index contributed by atoms with van der Waals surface area (Å²) in [6, 6.07) is 9.74. The number of rotatable bonds is 4. The fourth-order valence-electron chi connectivity index (χ4n) is 2.04. The number of pyridine rings is 1. The molecule has 1 amide bonds. The number of carbonyl (C=O) groups is 1. The van der Waals surface area contributed by atoms with Crippen LogP contribution in [0.4, 0.5) is 5.69 Å². The monoisotopic (exact) mass is 257 g/mol. The van der Waals surface area contributed by atoms with E-state index in [0.29, 0.717) is 6.54 Å². The molecular weight excluding hydrogens is 238 g/mol. The van der Waals surface area contributed by atoms with Crippen LogP contribution in [0.25, 0.3) is 10.9 Å². The summed E-state index contributed by atoms with van der Waals surface area (Å²) in [4.78, 5) is 16.6. The SMILES string of the molecule is CCC(CN)C(=O)Nc1cccc2ccc(C)nc12. The van der Waals surface area contributed by atoms with Crippen LogP contribution in [0.15, 0.2) is 30.3 Å². The number of hydrogen-bond donors (Lipinski definition) is 2. The summed E-state index contributed by atoms with van der Waals surface area (Å²) < 4.78 is 0. The van der Waals surface area contributed by atoms with Crippen LogP contribution in [0.5, 0.6) is 0 Å². The van der Waals surface area contributed by atoms with Crippen LogP contribution in [0.1, 0.15) is 19.0 Å². The van der Waals surface area contributed by atoms with Crippen molar-refractivity contribution in [1.82, 2.24) is 4.98 Å². The second-order valence-electron chi connectivity index (χ2n) is 4.66. The highest BCUT2D eigenvalue weighted by Crippen LogP contribution is 2.22. The van der Waals surface area contributed by atoms with Gasteiger partial charge in [0.2, 0.25) is 5.91 Å². The first-order valence-electron chi connectivity index (χ1n) is 6.53. The summed E-state index contributed by atoms with van der Waals surface area (Å²) in [6.45, 7) is 4.26. The molecule has 4 heteroatoms. The van der Waals surface area contributed by atoms with Crippen molar-refractivity contribution in [2.45, 2.75) is 20.3 Å². The first-order valence-corrected chi connectivity index (χ1v) is 6.53. The van der Waals surface area contributed by atoms with E-state index in [1.807, 2.05) is 44.2 Å².